The Morgan fingerprint density at radius 1 is 1.35 bits per heavy atom. The molecular weight excluding hydrogens is 272 g/mol. The molecule has 0 aliphatic rings. The Morgan fingerprint density at radius 2 is 2.15 bits per heavy atom. The van der Waals surface area contributed by atoms with Crippen LogP contribution in [0.25, 0.3) is 0 Å². The molecule has 1 heterocycles. The van der Waals surface area contributed by atoms with Crippen molar-refractivity contribution in [2.75, 3.05) is 6.61 Å². The van der Waals surface area contributed by atoms with Gasteiger partial charge in [-0.25, -0.2) is 5.43 Å². The van der Waals surface area contributed by atoms with Gasteiger partial charge in [-0.3, -0.25) is 4.79 Å². The molecule has 0 spiro atoms. The Hall–Kier alpha value is -2.14. The number of hydrazone groups is 1. The molecule has 0 saturated heterocycles. The maximum absolute atomic E-state index is 11.5. The Labute approximate surface area is 122 Å². The van der Waals surface area contributed by atoms with Gasteiger partial charge in [0.1, 0.15) is 5.75 Å². The van der Waals surface area contributed by atoms with E-state index in [1.165, 1.54) is 5.56 Å². The lowest BCUT2D eigenvalue weighted by atomic mass is 10.2. The summed E-state index contributed by atoms with van der Waals surface area (Å²) in [4.78, 5) is 12.5. The summed E-state index contributed by atoms with van der Waals surface area (Å²) in [7, 11) is 0. The first-order chi connectivity index (χ1) is 9.78. The maximum atomic E-state index is 11.5. The summed E-state index contributed by atoms with van der Waals surface area (Å²) in [5.74, 6) is 0.400. The van der Waals surface area contributed by atoms with Crippen LogP contribution in [0.15, 0.2) is 46.9 Å². The lowest BCUT2D eigenvalue weighted by Crippen LogP contribution is -2.24. The van der Waals surface area contributed by atoms with Crippen molar-refractivity contribution in [3.63, 3.8) is 0 Å². The fourth-order valence-corrected chi connectivity index (χ4v) is 2.12. The van der Waals surface area contributed by atoms with E-state index in [4.69, 9.17) is 4.74 Å². The normalized spacial score (nSPS) is 10.7. The van der Waals surface area contributed by atoms with Gasteiger partial charge in [0.05, 0.1) is 6.21 Å². The summed E-state index contributed by atoms with van der Waals surface area (Å²) in [6.07, 6.45) is 2.59. The van der Waals surface area contributed by atoms with Gasteiger partial charge in [0.2, 0.25) is 0 Å². The summed E-state index contributed by atoms with van der Waals surface area (Å²) >= 11 is 1.56. The maximum Gasteiger partial charge on any atom is 0.277 e. The predicted molar refractivity (Wildman–Crippen MR) is 81.4 cm³/mol. The average molecular weight is 288 g/mol. The van der Waals surface area contributed by atoms with Crippen molar-refractivity contribution in [3.8, 4) is 5.75 Å². The minimum atomic E-state index is -0.280. The molecule has 0 fully saturated rings. The summed E-state index contributed by atoms with van der Waals surface area (Å²) in [5, 5.41) is 5.81. The number of carbonyl (C=O) groups excluding carboxylic acids is 1. The Balaban J connectivity index is 1.74. The second-order valence-corrected chi connectivity index (χ2v) is 5.07. The number of thiophene rings is 1. The average Bonchev–Trinajstić information content (AvgIpc) is 2.99. The molecule has 0 aliphatic heterocycles. The quantitative estimate of drug-likeness (QED) is 0.656. The molecular formula is C15H16N2O2S. The van der Waals surface area contributed by atoms with Gasteiger partial charge in [-0.2, -0.15) is 5.10 Å². The standard InChI is InChI=1S/C15H16N2O2S/c1-2-12-5-7-13(8-6-12)19-11-15(18)17-16-10-14-4-3-9-20-14/h3-10H,2,11H2,1H3,(H,17,18). The number of aryl methyl sites for hydroxylation is 1. The SMILES string of the molecule is CCc1ccc(OCC(=O)NN=Cc2cccs2)cc1. The van der Waals surface area contributed by atoms with Crippen LogP contribution in [-0.4, -0.2) is 18.7 Å². The molecule has 2 rings (SSSR count). The first-order valence-electron chi connectivity index (χ1n) is 6.35. The van der Waals surface area contributed by atoms with Crippen LogP contribution in [0.1, 0.15) is 17.4 Å². The number of hydrogen-bond acceptors (Lipinski definition) is 4. The highest BCUT2D eigenvalue weighted by atomic mass is 32.1. The molecule has 20 heavy (non-hydrogen) atoms. The molecule has 5 heteroatoms. The summed E-state index contributed by atoms with van der Waals surface area (Å²) in [6.45, 7) is 2.04. The van der Waals surface area contributed by atoms with Crippen LogP contribution in [-0.2, 0) is 11.2 Å². The largest absolute Gasteiger partial charge is 0.484 e. The van der Waals surface area contributed by atoms with Gasteiger partial charge in [-0.1, -0.05) is 25.1 Å². The number of amides is 1. The lowest BCUT2D eigenvalue weighted by molar-refractivity contribution is -0.123. The first kappa shape index (κ1) is 14.3. The minimum absolute atomic E-state index is 0.0484. The molecule has 0 radical (unpaired) electrons. The zero-order chi connectivity index (χ0) is 14.2. The van der Waals surface area contributed by atoms with Crippen molar-refractivity contribution in [2.24, 2.45) is 5.10 Å². The van der Waals surface area contributed by atoms with E-state index in [0.29, 0.717) is 5.75 Å². The smallest absolute Gasteiger partial charge is 0.277 e. The van der Waals surface area contributed by atoms with E-state index in [-0.39, 0.29) is 12.5 Å². The van der Waals surface area contributed by atoms with Crippen LogP contribution in [0.2, 0.25) is 0 Å². The van der Waals surface area contributed by atoms with Crippen molar-refractivity contribution in [2.45, 2.75) is 13.3 Å². The monoisotopic (exact) mass is 288 g/mol. The van der Waals surface area contributed by atoms with Crippen molar-refractivity contribution >= 4 is 23.5 Å². The molecule has 1 N–H and O–H groups in total. The molecule has 104 valence electrons. The highest BCUT2D eigenvalue weighted by Gasteiger charge is 2.01. The zero-order valence-corrected chi connectivity index (χ0v) is 12.0. The van der Waals surface area contributed by atoms with Crippen LogP contribution in [0.5, 0.6) is 5.75 Å². The van der Waals surface area contributed by atoms with E-state index >= 15 is 0 Å². The number of rotatable bonds is 6. The van der Waals surface area contributed by atoms with E-state index in [2.05, 4.69) is 17.5 Å². The van der Waals surface area contributed by atoms with E-state index in [0.717, 1.165) is 11.3 Å². The second kappa shape index (κ2) is 7.45. The van der Waals surface area contributed by atoms with Gasteiger partial charge < -0.3 is 4.74 Å². The molecule has 2 aromatic rings. The van der Waals surface area contributed by atoms with Crippen molar-refractivity contribution < 1.29 is 9.53 Å². The Kier molecular flexibility index (Phi) is 5.32. The highest BCUT2D eigenvalue weighted by Crippen LogP contribution is 2.12. The van der Waals surface area contributed by atoms with Gasteiger partial charge in [0, 0.05) is 4.88 Å². The second-order valence-electron chi connectivity index (χ2n) is 4.09. The van der Waals surface area contributed by atoms with Crippen LogP contribution >= 0.6 is 11.3 Å². The number of nitrogens with one attached hydrogen (secondary N) is 1. The van der Waals surface area contributed by atoms with E-state index < -0.39 is 0 Å². The molecule has 0 atom stereocenters. The molecule has 0 unspecified atom stereocenters. The van der Waals surface area contributed by atoms with Crippen molar-refractivity contribution in [1.29, 1.82) is 0 Å². The Morgan fingerprint density at radius 3 is 2.80 bits per heavy atom. The van der Waals surface area contributed by atoms with E-state index in [1.807, 2.05) is 41.8 Å². The Bertz CT molecular complexity index is 562. The van der Waals surface area contributed by atoms with Crippen molar-refractivity contribution in [3.05, 3.63) is 52.2 Å². The zero-order valence-electron chi connectivity index (χ0n) is 11.2. The number of ether oxygens (including phenoxy) is 1. The third-order valence-electron chi connectivity index (χ3n) is 2.63. The fraction of sp³-hybridized carbons (Fsp3) is 0.200. The van der Waals surface area contributed by atoms with E-state index in [1.54, 1.807) is 17.6 Å². The van der Waals surface area contributed by atoms with E-state index in [9.17, 15) is 4.79 Å². The molecule has 0 bridgehead atoms. The third-order valence-corrected chi connectivity index (χ3v) is 3.43. The minimum Gasteiger partial charge on any atom is -0.484 e. The number of benzene rings is 1. The molecule has 0 aliphatic carbocycles. The molecule has 1 aromatic heterocycles. The molecule has 0 saturated carbocycles. The first-order valence-corrected chi connectivity index (χ1v) is 7.23. The van der Waals surface area contributed by atoms with Crippen LogP contribution in [0.4, 0.5) is 0 Å². The summed E-state index contributed by atoms with van der Waals surface area (Å²) in [6, 6.07) is 11.6. The van der Waals surface area contributed by atoms with Crippen molar-refractivity contribution in [1.82, 2.24) is 5.43 Å². The summed E-state index contributed by atoms with van der Waals surface area (Å²) in [5.41, 5.74) is 3.66. The molecule has 4 nitrogen and oxygen atoms in total. The highest BCUT2D eigenvalue weighted by molar-refractivity contribution is 7.11. The van der Waals surface area contributed by atoms with Gasteiger partial charge in [-0.05, 0) is 35.6 Å². The number of carbonyl (C=O) groups is 1. The molecule has 1 amide bonds. The van der Waals surface area contributed by atoms with Crippen LogP contribution in [0.3, 0.4) is 0 Å². The van der Waals surface area contributed by atoms with Gasteiger partial charge in [0.15, 0.2) is 6.61 Å². The topological polar surface area (TPSA) is 50.7 Å². The predicted octanol–water partition coefficient (Wildman–Crippen LogP) is 2.84. The van der Waals surface area contributed by atoms with Crippen LogP contribution in [0, 0.1) is 0 Å². The van der Waals surface area contributed by atoms with Gasteiger partial charge in [0.25, 0.3) is 5.91 Å². The summed E-state index contributed by atoms with van der Waals surface area (Å²) < 4.78 is 5.37. The number of nitrogens with zero attached hydrogens (tertiary/aromatic N) is 1. The number of hydrogen-bond donors (Lipinski definition) is 1. The molecule has 1 aromatic carbocycles. The van der Waals surface area contributed by atoms with Gasteiger partial charge >= 0.3 is 0 Å². The fourth-order valence-electron chi connectivity index (χ4n) is 1.54. The van der Waals surface area contributed by atoms with Gasteiger partial charge in [-0.15, -0.1) is 11.3 Å². The third kappa shape index (κ3) is 4.51. The van der Waals surface area contributed by atoms with Crippen LogP contribution < -0.4 is 10.2 Å². The lowest BCUT2D eigenvalue weighted by Gasteiger charge is -2.05.